The van der Waals surface area contributed by atoms with E-state index in [1.807, 2.05) is 21.1 Å². The number of likely N-dealkylation sites (N-methyl/N-ethyl adjacent to an activating group) is 1. The summed E-state index contributed by atoms with van der Waals surface area (Å²) in [5, 5.41) is 9.07. The largest absolute Gasteiger partial charge is 0.481 e. The van der Waals surface area contributed by atoms with Gasteiger partial charge in [-0.3, -0.25) is 9.59 Å². The standard InChI is InChI=1S/C31H61NO4/c1-6-7-8-9-10-11-12-13-14-15-16-17-20-23-28(2)24-21-18-19-22-25-31(35)36-29(26-30(33)34)27-32(3,4)5/h28-29H,6-27H2,1-5H3/p+1. The summed E-state index contributed by atoms with van der Waals surface area (Å²) in [6.07, 6.45) is 25.0. The Balaban J connectivity index is 3.57. The average Bonchev–Trinajstić information content (AvgIpc) is 2.77. The number of esters is 1. The highest BCUT2D eigenvalue weighted by molar-refractivity contribution is 5.71. The highest BCUT2D eigenvalue weighted by Gasteiger charge is 2.24. The third-order valence-electron chi connectivity index (χ3n) is 7.08. The quantitative estimate of drug-likeness (QED) is 0.0716. The van der Waals surface area contributed by atoms with Gasteiger partial charge in [-0.25, -0.2) is 0 Å². The number of carboxylic acids is 1. The van der Waals surface area contributed by atoms with E-state index in [1.54, 1.807) is 0 Å². The molecule has 2 unspecified atom stereocenters. The maximum absolute atomic E-state index is 12.1. The van der Waals surface area contributed by atoms with Crippen LogP contribution in [0, 0.1) is 5.92 Å². The monoisotopic (exact) mass is 512 g/mol. The molecule has 5 heteroatoms. The molecule has 0 amide bonds. The fourth-order valence-electron chi connectivity index (χ4n) is 4.96. The number of unbranched alkanes of at least 4 members (excludes halogenated alkanes) is 15. The number of carbonyl (C=O) groups excluding carboxylic acids is 1. The van der Waals surface area contributed by atoms with Crippen LogP contribution in [0.15, 0.2) is 0 Å². The average molecular weight is 513 g/mol. The van der Waals surface area contributed by atoms with Gasteiger partial charge in [0.25, 0.3) is 0 Å². The van der Waals surface area contributed by atoms with E-state index in [0.29, 0.717) is 17.4 Å². The Morgan fingerprint density at radius 3 is 1.53 bits per heavy atom. The third-order valence-corrected chi connectivity index (χ3v) is 7.08. The smallest absolute Gasteiger partial charge is 0.307 e. The second kappa shape index (κ2) is 23.0. The zero-order chi connectivity index (χ0) is 27.1. The molecule has 36 heavy (non-hydrogen) atoms. The lowest BCUT2D eigenvalue weighted by atomic mass is 9.96. The van der Waals surface area contributed by atoms with E-state index in [2.05, 4.69) is 13.8 Å². The predicted molar refractivity (Wildman–Crippen MR) is 152 cm³/mol. The first-order valence-electron chi connectivity index (χ1n) is 15.4. The van der Waals surface area contributed by atoms with Crippen molar-refractivity contribution in [1.82, 2.24) is 0 Å². The number of carboxylic acid groups (broad SMARTS) is 1. The van der Waals surface area contributed by atoms with Crippen LogP contribution in [-0.2, 0) is 14.3 Å². The zero-order valence-electron chi connectivity index (χ0n) is 24.8. The molecule has 0 aliphatic heterocycles. The molecular weight excluding hydrogens is 450 g/mol. The summed E-state index contributed by atoms with van der Waals surface area (Å²) in [5.74, 6) is -0.380. The van der Waals surface area contributed by atoms with Crippen molar-refractivity contribution in [3.05, 3.63) is 0 Å². The molecule has 2 atom stereocenters. The van der Waals surface area contributed by atoms with Crippen molar-refractivity contribution in [3.8, 4) is 0 Å². The molecule has 0 rings (SSSR count). The molecule has 5 nitrogen and oxygen atoms in total. The molecule has 0 heterocycles. The van der Waals surface area contributed by atoms with Crippen LogP contribution in [0.5, 0.6) is 0 Å². The van der Waals surface area contributed by atoms with Crippen LogP contribution in [0.2, 0.25) is 0 Å². The SMILES string of the molecule is CCCCCCCCCCCCCCCC(C)CCCCCCC(=O)OC(CC(=O)O)C[N+](C)(C)C. The van der Waals surface area contributed by atoms with E-state index >= 15 is 0 Å². The number of quaternary nitrogens is 1. The van der Waals surface area contributed by atoms with Crippen molar-refractivity contribution in [2.45, 2.75) is 155 Å². The number of aliphatic carboxylic acids is 1. The van der Waals surface area contributed by atoms with Gasteiger partial charge in [0.1, 0.15) is 6.54 Å². The van der Waals surface area contributed by atoms with E-state index in [0.717, 1.165) is 25.2 Å². The van der Waals surface area contributed by atoms with E-state index in [4.69, 9.17) is 9.84 Å². The van der Waals surface area contributed by atoms with Gasteiger partial charge in [-0.1, -0.05) is 129 Å². The summed E-state index contributed by atoms with van der Waals surface area (Å²) < 4.78 is 6.03. The molecule has 0 aromatic heterocycles. The Hall–Kier alpha value is -1.10. The molecule has 0 aliphatic carbocycles. The van der Waals surface area contributed by atoms with Gasteiger partial charge in [-0.2, -0.15) is 0 Å². The predicted octanol–water partition coefficient (Wildman–Crippen LogP) is 8.54. The van der Waals surface area contributed by atoms with Crippen LogP contribution < -0.4 is 0 Å². The second-order valence-electron chi connectivity index (χ2n) is 12.3. The fraction of sp³-hybridized carbons (Fsp3) is 0.935. The van der Waals surface area contributed by atoms with Crippen molar-refractivity contribution in [1.29, 1.82) is 0 Å². The lowest BCUT2D eigenvalue weighted by molar-refractivity contribution is -0.873. The Labute approximate surface area is 224 Å². The molecule has 0 aromatic carbocycles. The first-order valence-corrected chi connectivity index (χ1v) is 15.4. The molecule has 0 saturated heterocycles. The van der Waals surface area contributed by atoms with E-state index in [9.17, 15) is 9.59 Å². The van der Waals surface area contributed by atoms with Crippen LogP contribution >= 0.6 is 0 Å². The summed E-state index contributed by atoms with van der Waals surface area (Å²) >= 11 is 0. The molecule has 0 aliphatic rings. The van der Waals surface area contributed by atoms with Crippen molar-refractivity contribution in [2.75, 3.05) is 27.7 Å². The van der Waals surface area contributed by atoms with Gasteiger partial charge in [-0.15, -0.1) is 0 Å². The van der Waals surface area contributed by atoms with Crippen LogP contribution in [0.3, 0.4) is 0 Å². The Morgan fingerprint density at radius 1 is 0.694 bits per heavy atom. The van der Waals surface area contributed by atoms with Gasteiger partial charge in [0.2, 0.25) is 0 Å². The van der Waals surface area contributed by atoms with Gasteiger partial charge < -0.3 is 14.3 Å². The summed E-state index contributed by atoms with van der Waals surface area (Å²) in [6, 6.07) is 0. The van der Waals surface area contributed by atoms with Crippen molar-refractivity contribution < 1.29 is 23.9 Å². The maximum Gasteiger partial charge on any atom is 0.307 e. The molecule has 1 N–H and O–H groups in total. The van der Waals surface area contributed by atoms with Gasteiger partial charge in [-0.05, 0) is 12.3 Å². The van der Waals surface area contributed by atoms with Crippen LogP contribution in [0.1, 0.15) is 149 Å². The number of hydrogen-bond donors (Lipinski definition) is 1. The topological polar surface area (TPSA) is 63.6 Å². The second-order valence-corrected chi connectivity index (χ2v) is 12.3. The number of rotatable bonds is 26. The zero-order valence-corrected chi connectivity index (χ0v) is 24.8. The molecule has 0 aromatic rings. The number of hydrogen-bond acceptors (Lipinski definition) is 3. The van der Waals surface area contributed by atoms with Crippen LogP contribution in [0.4, 0.5) is 0 Å². The molecule has 0 radical (unpaired) electrons. The summed E-state index contributed by atoms with van der Waals surface area (Å²) in [6.45, 7) is 5.17. The molecule has 0 spiro atoms. The third kappa shape index (κ3) is 26.0. The molecule has 0 fully saturated rings. The molecule has 214 valence electrons. The molecule has 0 bridgehead atoms. The molecular formula is C31H62NO4+. The van der Waals surface area contributed by atoms with Crippen LogP contribution in [-0.4, -0.2) is 55.3 Å². The number of ether oxygens (including phenoxy) is 1. The van der Waals surface area contributed by atoms with Gasteiger partial charge in [0.15, 0.2) is 6.10 Å². The molecule has 0 saturated carbocycles. The van der Waals surface area contributed by atoms with E-state index < -0.39 is 12.1 Å². The van der Waals surface area contributed by atoms with Crippen molar-refractivity contribution >= 4 is 11.9 Å². The Morgan fingerprint density at radius 2 is 1.11 bits per heavy atom. The highest BCUT2D eigenvalue weighted by Crippen LogP contribution is 2.19. The highest BCUT2D eigenvalue weighted by atomic mass is 16.5. The maximum atomic E-state index is 12.1. The minimum atomic E-state index is -0.922. The van der Waals surface area contributed by atoms with Gasteiger partial charge in [0, 0.05) is 6.42 Å². The van der Waals surface area contributed by atoms with Crippen LogP contribution in [0.25, 0.3) is 0 Å². The summed E-state index contributed by atoms with van der Waals surface area (Å²) in [7, 11) is 5.92. The lowest BCUT2D eigenvalue weighted by Crippen LogP contribution is -2.43. The summed E-state index contributed by atoms with van der Waals surface area (Å²) in [5.41, 5.74) is 0. The van der Waals surface area contributed by atoms with E-state index in [1.165, 1.54) is 103 Å². The lowest BCUT2D eigenvalue weighted by Gasteiger charge is -2.28. The van der Waals surface area contributed by atoms with Gasteiger partial charge >= 0.3 is 11.9 Å². The van der Waals surface area contributed by atoms with E-state index in [-0.39, 0.29) is 12.4 Å². The summed E-state index contributed by atoms with van der Waals surface area (Å²) in [4.78, 5) is 23.2. The minimum Gasteiger partial charge on any atom is -0.481 e. The van der Waals surface area contributed by atoms with Crippen molar-refractivity contribution in [3.63, 3.8) is 0 Å². The Kier molecular flexibility index (Phi) is 22.3. The number of carbonyl (C=O) groups is 2. The first kappa shape index (κ1) is 34.9. The fourth-order valence-corrected chi connectivity index (χ4v) is 4.96. The Bertz CT molecular complexity index is 529. The van der Waals surface area contributed by atoms with Gasteiger partial charge in [0.05, 0.1) is 27.6 Å². The van der Waals surface area contributed by atoms with Crippen molar-refractivity contribution in [2.24, 2.45) is 5.92 Å². The normalized spacial score (nSPS) is 13.5. The first-order chi connectivity index (χ1) is 17.1. The minimum absolute atomic E-state index is 0.127. The number of nitrogens with zero attached hydrogens (tertiary/aromatic N) is 1.